The van der Waals surface area contributed by atoms with E-state index in [1.807, 2.05) is 25.6 Å². The van der Waals surface area contributed by atoms with Crippen molar-refractivity contribution in [3.05, 3.63) is 0 Å². The molecule has 1 heterocycles. The average molecular weight is 245 g/mol. The van der Waals surface area contributed by atoms with Crippen LogP contribution in [0.4, 0.5) is 0 Å². The fourth-order valence-corrected chi connectivity index (χ4v) is 2.93. The first-order chi connectivity index (χ1) is 7.56. The summed E-state index contributed by atoms with van der Waals surface area (Å²) in [6.45, 7) is 3.76. The Bertz CT molecular complexity index is 275. The Kier molecular flexibility index (Phi) is 4.92. The van der Waals surface area contributed by atoms with Crippen LogP contribution in [0.5, 0.6) is 0 Å². The Morgan fingerprint density at radius 3 is 2.75 bits per heavy atom. The number of nitrogens with two attached hydrogens (primary N) is 1. The molecule has 0 saturated carbocycles. The predicted octanol–water partition coefficient (Wildman–Crippen LogP) is 0.627. The molecule has 1 aliphatic heterocycles. The van der Waals surface area contributed by atoms with E-state index in [4.69, 9.17) is 10.9 Å². The summed E-state index contributed by atoms with van der Waals surface area (Å²) < 4.78 is 0. The third kappa shape index (κ3) is 3.30. The topological polar surface area (TPSA) is 87.7 Å². The van der Waals surface area contributed by atoms with E-state index in [1.54, 1.807) is 0 Å². The molecule has 2 unspecified atom stereocenters. The van der Waals surface area contributed by atoms with E-state index in [-0.39, 0.29) is 23.7 Å². The van der Waals surface area contributed by atoms with Crippen LogP contribution >= 0.6 is 11.8 Å². The van der Waals surface area contributed by atoms with Crippen LogP contribution in [-0.2, 0) is 4.79 Å². The van der Waals surface area contributed by atoms with Gasteiger partial charge in [0.2, 0.25) is 5.91 Å². The summed E-state index contributed by atoms with van der Waals surface area (Å²) in [6.07, 6.45) is 0.997. The van der Waals surface area contributed by atoms with E-state index < -0.39 is 5.92 Å². The SMILES string of the molecule is CC(C)C(C(=O)NC1CCSC1)C(N)=NO. The van der Waals surface area contributed by atoms with Gasteiger partial charge in [0.05, 0.1) is 0 Å². The van der Waals surface area contributed by atoms with Gasteiger partial charge < -0.3 is 16.3 Å². The van der Waals surface area contributed by atoms with Crippen LogP contribution in [0.2, 0.25) is 0 Å². The lowest BCUT2D eigenvalue weighted by atomic mass is 9.93. The largest absolute Gasteiger partial charge is 0.409 e. The van der Waals surface area contributed by atoms with E-state index in [2.05, 4.69) is 10.5 Å². The fourth-order valence-electron chi connectivity index (χ4n) is 1.78. The van der Waals surface area contributed by atoms with Crippen LogP contribution in [0, 0.1) is 11.8 Å². The highest BCUT2D eigenvalue weighted by Gasteiger charge is 2.29. The third-order valence-electron chi connectivity index (χ3n) is 2.66. The second kappa shape index (κ2) is 5.98. The second-order valence-corrected chi connectivity index (χ2v) is 5.47. The first kappa shape index (κ1) is 13.2. The number of rotatable bonds is 4. The zero-order valence-electron chi connectivity index (χ0n) is 9.64. The highest BCUT2D eigenvalue weighted by Crippen LogP contribution is 2.18. The number of amidine groups is 1. The molecule has 0 radical (unpaired) electrons. The molecule has 92 valence electrons. The lowest BCUT2D eigenvalue weighted by molar-refractivity contribution is -0.124. The van der Waals surface area contributed by atoms with Crippen molar-refractivity contribution < 1.29 is 10.0 Å². The lowest BCUT2D eigenvalue weighted by Crippen LogP contribution is -2.45. The molecule has 1 aliphatic rings. The van der Waals surface area contributed by atoms with Gasteiger partial charge in [-0.3, -0.25) is 4.79 Å². The number of hydrogen-bond acceptors (Lipinski definition) is 4. The van der Waals surface area contributed by atoms with E-state index in [9.17, 15) is 4.79 Å². The average Bonchev–Trinajstić information content (AvgIpc) is 2.69. The van der Waals surface area contributed by atoms with E-state index in [1.165, 1.54) is 0 Å². The number of amides is 1. The van der Waals surface area contributed by atoms with Crippen molar-refractivity contribution in [1.29, 1.82) is 0 Å². The summed E-state index contributed by atoms with van der Waals surface area (Å²) in [5.74, 6) is 1.35. The molecule has 1 amide bonds. The molecule has 1 fully saturated rings. The van der Waals surface area contributed by atoms with Gasteiger partial charge in [-0.05, 0) is 18.1 Å². The molecule has 0 aromatic carbocycles. The molecule has 0 spiro atoms. The Morgan fingerprint density at radius 2 is 2.31 bits per heavy atom. The predicted molar refractivity (Wildman–Crippen MR) is 65.6 cm³/mol. The number of oxime groups is 1. The van der Waals surface area contributed by atoms with Gasteiger partial charge in [-0.25, -0.2) is 0 Å². The molecule has 0 bridgehead atoms. The Hall–Kier alpha value is -0.910. The maximum atomic E-state index is 11.9. The molecule has 2 atom stereocenters. The molecule has 1 rings (SSSR count). The van der Waals surface area contributed by atoms with Crippen LogP contribution in [0.25, 0.3) is 0 Å². The molecular formula is C10H19N3O2S. The van der Waals surface area contributed by atoms with Crippen molar-refractivity contribution in [1.82, 2.24) is 5.32 Å². The van der Waals surface area contributed by atoms with Gasteiger partial charge in [-0.2, -0.15) is 11.8 Å². The van der Waals surface area contributed by atoms with Crippen LogP contribution in [0.1, 0.15) is 20.3 Å². The van der Waals surface area contributed by atoms with Crippen LogP contribution in [0.15, 0.2) is 5.16 Å². The summed E-state index contributed by atoms with van der Waals surface area (Å²) in [5.41, 5.74) is 5.53. The summed E-state index contributed by atoms with van der Waals surface area (Å²) in [7, 11) is 0. The molecule has 6 heteroatoms. The summed E-state index contributed by atoms with van der Waals surface area (Å²) in [6, 6.07) is 0.227. The lowest BCUT2D eigenvalue weighted by Gasteiger charge is -2.21. The van der Waals surface area contributed by atoms with Crippen molar-refractivity contribution in [2.24, 2.45) is 22.7 Å². The normalized spacial score (nSPS) is 23.4. The number of hydrogen-bond donors (Lipinski definition) is 3. The van der Waals surface area contributed by atoms with Crippen molar-refractivity contribution in [3.8, 4) is 0 Å². The van der Waals surface area contributed by atoms with Gasteiger partial charge in [0, 0.05) is 11.8 Å². The zero-order valence-corrected chi connectivity index (χ0v) is 10.5. The number of nitrogens with one attached hydrogen (secondary N) is 1. The van der Waals surface area contributed by atoms with Crippen molar-refractivity contribution in [3.63, 3.8) is 0 Å². The monoisotopic (exact) mass is 245 g/mol. The maximum absolute atomic E-state index is 11.9. The minimum atomic E-state index is -0.546. The zero-order chi connectivity index (χ0) is 12.1. The molecule has 1 saturated heterocycles. The Balaban J connectivity index is 2.60. The van der Waals surface area contributed by atoms with E-state index in [0.717, 1.165) is 17.9 Å². The third-order valence-corrected chi connectivity index (χ3v) is 3.82. The minimum absolute atomic E-state index is 0.0156. The van der Waals surface area contributed by atoms with Crippen molar-refractivity contribution >= 4 is 23.5 Å². The van der Waals surface area contributed by atoms with Gasteiger partial charge in [-0.1, -0.05) is 19.0 Å². The Labute approximate surface area is 99.8 Å². The highest BCUT2D eigenvalue weighted by atomic mass is 32.2. The van der Waals surface area contributed by atoms with Crippen LogP contribution in [0.3, 0.4) is 0 Å². The van der Waals surface area contributed by atoms with Gasteiger partial charge in [-0.15, -0.1) is 0 Å². The van der Waals surface area contributed by atoms with Gasteiger partial charge in [0.1, 0.15) is 5.92 Å². The van der Waals surface area contributed by atoms with Crippen LogP contribution < -0.4 is 11.1 Å². The van der Waals surface area contributed by atoms with E-state index >= 15 is 0 Å². The molecule has 4 N–H and O–H groups in total. The second-order valence-electron chi connectivity index (χ2n) is 4.32. The Morgan fingerprint density at radius 1 is 1.62 bits per heavy atom. The van der Waals surface area contributed by atoms with Crippen LogP contribution in [-0.4, -0.2) is 34.5 Å². The van der Waals surface area contributed by atoms with Gasteiger partial charge in [0.25, 0.3) is 0 Å². The highest BCUT2D eigenvalue weighted by molar-refractivity contribution is 7.99. The first-order valence-electron chi connectivity index (χ1n) is 5.41. The molecule has 5 nitrogen and oxygen atoms in total. The van der Waals surface area contributed by atoms with Gasteiger partial charge in [0.15, 0.2) is 5.84 Å². The molecule has 16 heavy (non-hydrogen) atoms. The first-order valence-corrected chi connectivity index (χ1v) is 6.57. The van der Waals surface area contributed by atoms with Gasteiger partial charge >= 0.3 is 0 Å². The number of carbonyl (C=O) groups excluding carboxylic acids is 1. The number of thioether (sulfide) groups is 1. The minimum Gasteiger partial charge on any atom is -0.409 e. The maximum Gasteiger partial charge on any atom is 0.231 e. The van der Waals surface area contributed by atoms with E-state index in [0.29, 0.717) is 0 Å². The summed E-state index contributed by atoms with van der Waals surface area (Å²) in [5, 5.41) is 14.5. The molecule has 0 aliphatic carbocycles. The van der Waals surface area contributed by atoms with Crippen molar-refractivity contribution in [2.75, 3.05) is 11.5 Å². The summed E-state index contributed by atoms with van der Waals surface area (Å²) in [4.78, 5) is 11.9. The quantitative estimate of drug-likeness (QED) is 0.293. The standard InChI is InChI=1S/C10H19N3O2S/c1-6(2)8(9(11)13-15)10(14)12-7-3-4-16-5-7/h6-8,15H,3-5H2,1-2H3,(H2,11,13)(H,12,14). The number of nitrogens with zero attached hydrogens (tertiary/aromatic N) is 1. The molecular weight excluding hydrogens is 226 g/mol. The summed E-state index contributed by atoms with van der Waals surface area (Å²) >= 11 is 1.83. The number of carbonyl (C=O) groups is 1. The fraction of sp³-hybridized carbons (Fsp3) is 0.800. The smallest absolute Gasteiger partial charge is 0.231 e. The molecule has 0 aromatic rings. The van der Waals surface area contributed by atoms with Crippen molar-refractivity contribution in [2.45, 2.75) is 26.3 Å². The molecule has 0 aromatic heterocycles.